The number of aryl methyl sites for hydroxylation is 1. The third-order valence-electron chi connectivity index (χ3n) is 2.72. The lowest BCUT2D eigenvalue weighted by Gasteiger charge is -2.05. The fourth-order valence-corrected chi connectivity index (χ4v) is 2.71. The van der Waals surface area contributed by atoms with Crippen molar-refractivity contribution in [3.05, 3.63) is 47.8 Å². The summed E-state index contributed by atoms with van der Waals surface area (Å²) in [5.41, 5.74) is 6.95. The number of hydrogen-bond acceptors (Lipinski definition) is 4. The topological polar surface area (TPSA) is 90.0 Å². The van der Waals surface area contributed by atoms with Gasteiger partial charge < -0.3 is 5.73 Å². The Kier molecular flexibility index (Phi) is 4.75. The van der Waals surface area contributed by atoms with Gasteiger partial charge in [0.25, 0.3) is 0 Å². The van der Waals surface area contributed by atoms with Gasteiger partial charge in [0, 0.05) is 25.4 Å². The first kappa shape index (κ1) is 15.3. The first-order valence-corrected chi connectivity index (χ1v) is 7.76. The maximum Gasteiger partial charge on any atom is 0.243 e. The molecule has 0 unspecified atom stereocenters. The maximum absolute atomic E-state index is 12.1. The fraction of sp³-hybridized carbons (Fsp3) is 0.214. The maximum atomic E-state index is 12.1. The Hall–Kier alpha value is -2.14. The van der Waals surface area contributed by atoms with E-state index in [1.54, 1.807) is 7.05 Å². The normalized spacial score (nSPS) is 11.0. The zero-order valence-electron chi connectivity index (χ0n) is 11.6. The van der Waals surface area contributed by atoms with E-state index in [4.69, 9.17) is 5.73 Å². The van der Waals surface area contributed by atoms with E-state index in [1.807, 2.05) is 24.3 Å². The predicted molar refractivity (Wildman–Crippen MR) is 79.6 cm³/mol. The standard InChI is InChI=1S/C14H16N4O2S/c1-18-11-14(10-16-18)21(19,20)17-9-13-5-2-4-12(8-13)6-3-7-15/h2,4-5,8,10-11,17H,7,9,15H2,1H3. The molecule has 0 aliphatic heterocycles. The number of benzene rings is 1. The summed E-state index contributed by atoms with van der Waals surface area (Å²) < 4.78 is 28.1. The number of nitrogens with zero attached hydrogens (tertiary/aromatic N) is 2. The molecule has 2 aromatic rings. The Morgan fingerprint density at radius 2 is 2.24 bits per heavy atom. The van der Waals surface area contributed by atoms with Crippen molar-refractivity contribution in [1.29, 1.82) is 0 Å². The van der Waals surface area contributed by atoms with E-state index in [0.717, 1.165) is 11.1 Å². The molecule has 21 heavy (non-hydrogen) atoms. The third-order valence-corrected chi connectivity index (χ3v) is 4.08. The molecular formula is C14H16N4O2S. The van der Waals surface area contributed by atoms with Gasteiger partial charge in [-0.15, -0.1) is 0 Å². The van der Waals surface area contributed by atoms with E-state index in [9.17, 15) is 8.42 Å². The lowest BCUT2D eigenvalue weighted by Crippen LogP contribution is -2.22. The van der Waals surface area contributed by atoms with E-state index < -0.39 is 10.0 Å². The average Bonchev–Trinajstić information content (AvgIpc) is 2.91. The van der Waals surface area contributed by atoms with Crippen molar-refractivity contribution in [2.45, 2.75) is 11.4 Å². The van der Waals surface area contributed by atoms with Gasteiger partial charge >= 0.3 is 0 Å². The minimum Gasteiger partial charge on any atom is -0.320 e. The van der Waals surface area contributed by atoms with Gasteiger partial charge in [0.2, 0.25) is 10.0 Å². The van der Waals surface area contributed by atoms with Gasteiger partial charge in [-0.3, -0.25) is 4.68 Å². The Labute approximate surface area is 124 Å². The quantitative estimate of drug-likeness (QED) is 0.790. The average molecular weight is 304 g/mol. The van der Waals surface area contributed by atoms with Crippen molar-refractivity contribution < 1.29 is 8.42 Å². The van der Waals surface area contributed by atoms with Gasteiger partial charge in [-0.25, -0.2) is 13.1 Å². The first-order valence-electron chi connectivity index (χ1n) is 6.27. The van der Waals surface area contributed by atoms with Crippen LogP contribution in [0.3, 0.4) is 0 Å². The highest BCUT2D eigenvalue weighted by atomic mass is 32.2. The molecule has 1 aromatic heterocycles. The van der Waals surface area contributed by atoms with Gasteiger partial charge in [-0.1, -0.05) is 24.0 Å². The summed E-state index contributed by atoms with van der Waals surface area (Å²) >= 11 is 0. The van der Waals surface area contributed by atoms with Crippen molar-refractivity contribution in [2.24, 2.45) is 12.8 Å². The van der Waals surface area contributed by atoms with Crippen molar-refractivity contribution >= 4 is 10.0 Å². The highest BCUT2D eigenvalue weighted by molar-refractivity contribution is 7.89. The molecule has 7 heteroatoms. The molecule has 0 radical (unpaired) electrons. The monoisotopic (exact) mass is 304 g/mol. The van der Waals surface area contributed by atoms with Gasteiger partial charge in [0.05, 0.1) is 12.7 Å². The molecule has 6 nitrogen and oxygen atoms in total. The van der Waals surface area contributed by atoms with Gasteiger partial charge in [-0.05, 0) is 17.7 Å². The van der Waals surface area contributed by atoms with Crippen molar-refractivity contribution in [1.82, 2.24) is 14.5 Å². The number of hydrogen-bond donors (Lipinski definition) is 2. The SMILES string of the molecule is Cn1cc(S(=O)(=O)NCc2cccc(C#CCN)c2)cn1. The zero-order chi connectivity index (χ0) is 15.3. The highest BCUT2D eigenvalue weighted by Gasteiger charge is 2.15. The highest BCUT2D eigenvalue weighted by Crippen LogP contribution is 2.09. The van der Waals surface area contributed by atoms with Crippen LogP contribution in [0.2, 0.25) is 0 Å². The van der Waals surface area contributed by atoms with Crippen LogP contribution in [-0.4, -0.2) is 24.7 Å². The molecule has 0 spiro atoms. The number of aromatic nitrogens is 2. The molecule has 0 amide bonds. The van der Waals surface area contributed by atoms with Crippen molar-refractivity contribution in [3.63, 3.8) is 0 Å². The molecular weight excluding hydrogens is 288 g/mol. The van der Waals surface area contributed by atoms with E-state index >= 15 is 0 Å². The summed E-state index contributed by atoms with van der Waals surface area (Å²) in [6, 6.07) is 7.34. The second kappa shape index (κ2) is 6.54. The van der Waals surface area contributed by atoms with Crippen LogP contribution in [0.25, 0.3) is 0 Å². The Morgan fingerprint density at radius 1 is 1.43 bits per heavy atom. The number of nitrogens with one attached hydrogen (secondary N) is 1. The lowest BCUT2D eigenvalue weighted by atomic mass is 10.1. The van der Waals surface area contributed by atoms with Crippen LogP contribution in [-0.2, 0) is 23.6 Å². The minimum absolute atomic E-state index is 0.143. The van der Waals surface area contributed by atoms with Crippen LogP contribution < -0.4 is 10.5 Å². The molecule has 0 aliphatic rings. The lowest BCUT2D eigenvalue weighted by molar-refractivity contribution is 0.581. The van der Waals surface area contributed by atoms with E-state index in [0.29, 0.717) is 0 Å². The van der Waals surface area contributed by atoms with Crippen molar-refractivity contribution in [3.8, 4) is 11.8 Å². The second-order valence-corrected chi connectivity index (χ2v) is 6.15. The molecule has 1 heterocycles. The second-order valence-electron chi connectivity index (χ2n) is 4.38. The Balaban J connectivity index is 2.09. The summed E-state index contributed by atoms with van der Waals surface area (Å²) in [4.78, 5) is 0.143. The third kappa shape index (κ3) is 4.16. The Bertz CT molecular complexity index is 785. The molecule has 3 N–H and O–H groups in total. The number of nitrogens with two attached hydrogens (primary N) is 1. The molecule has 0 fully saturated rings. The van der Waals surface area contributed by atoms with Crippen LogP contribution in [0.1, 0.15) is 11.1 Å². The molecule has 0 aliphatic carbocycles. The summed E-state index contributed by atoms with van der Waals surface area (Å²) in [7, 11) is -1.89. The molecule has 0 atom stereocenters. The minimum atomic E-state index is -3.56. The molecule has 1 aromatic carbocycles. The molecule has 0 bridgehead atoms. The van der Waals surface area contributed by atoms with E-state index in [1.165, 1.54) is 17.1 Å². The molecule has 0 saturated carbocycles. The van der Waals surface area contributed by atoms with Crippen LogP contribution in [0.15, 0.2) is 41.6 Å². The number of sulfonamides is 1. The van der Waals surface area contributed by atoms with Gasteiger partial charge in [-0.2, -0.15) is 5.10 Å². The summed E-state index contributed by atoms with van der Waals surface area (Å²) in [5, 5.41) is 3.85. The van der Waals surface area contributed by atoms with Gasteiger partial charge in [0.1, 0.15) is 4.90 Å². The van der Waals surface area contributed by atoms with Crippen LogP contribution in [0.4, 0.5) is 0 Å². The predicted octanol–water partition coefficient (Wildman–Crippen LogP) is 0.209. The van der Waals surface area contributed by atoms with E-state index in [2.05, 4.69) is 21.7 Å². The van der Waals surface area contributed by atoms with Crippen molar-refractivity contribution in [2.75, 3.05) is 6.54 Å². The van der Waals surface area contributed by atoms with Crippen LogP contribution in [0.5, 0.6) is 0 Å². The largest absolute Gasteiger partial charge is 0.320 e. The Morgan fingerprint density at radius 3 is 2.90 bits per heavy atom. The first-order chi connectivity index (χ1) is 10.0. The van der Waals surface area contributed by atoms with Crippen LogP contribution >= 0.6 is 0 Å². The molecule has 110 valence electrons. The fourth-order valence-electron chi connectivity index (χ4n) is 1.71. The van der Waals surface area contributed by atoms with Crippen LogP contribution in [0, 0.1) is 11.8 Å². The van der Waals surface area contributed by atoms with Gasteiger partial charge in [0.15, 0.2) is 0 Å². The van der Waals surface area contributed by atoms with E-state index in [-0.39, 0.29) is 18.0 Å². The summed E-state index contributed by atoms with van der Waals surface area (Å²) in [6.45, 7) is 0.479. The molecule has 2 rings (SSSR count). The summed E-state index contributed by atoms with van der Waals surface area (Å²) in [6.07, 6.45) is 2.76. The molecule has 0 saturated heterocycles. The zero-order valence-corrected chi connectivity index (χ0v) is 12.4. The smallest absolute Gasteiger partial charge is 0.243 e. The summed E-state index contributed by atoms with van der Waals surface area (Å²) in [5.74, 6) is 5.67. The number of rotatable bonds is 4.